The molecule has 0 spiro atoms. The Hall–Kier alpha value is -1.49. The first-order chi connectivity index (χ1) is 12.1. The predicted molar refractivity (Wildman–Crippen MR) is 99.4 cm³/mol. The molecule has 0 amide bonds. The molecule has 3 N–H and O–H groups in total. The van der Waals surface area contributed by atoms with Gasteiger partial charge in [-0.15, -0.1) is 0 Å². The minimum absolute atomic E-state index is 0.256. The van der Waals surface area contributed by atoms with Crippen molar-refractivity contribution in [3.63, 3.8) is 0 Å². The van der Waals surface area contributed by atoms with Crippen LogP contribution in [0.15, 0.2) is 48.8 Å². The Kier molecular flexibility index (Phi) is 6.78. The summed E-state index contributed by atoms with van der Waals surface area (Å²) in [5.74, 6) is 0.737. The van der Waals surface area contributed by atoms with E-state index in [1.54, 1.807) is 18.5 Å². The van der Waals surface area contributed by atoms with E-state index in [2.05, 4.69) is 0 Å². The van der Waals surface area contributed by atoms with E-state index in [1.807, 2.05) is 37.3 Å². The zero-order valence-electron chi connectivity index (χ0n) is 14.7. The smallest absolute Gasteiger partial charge is 0.344 e. The summed E-state index contributed by atoms with van der Waals surface area (Å²) < 4.78 is 30.7. The molecule has 7 nitrogen and oxygen atoms in total. The Bertz CT molecular complexity index is 823. The summed E-state index contributed by atoms with van der Waals surface area (Å²) >= 11 is 0. The molecule has 2 atom stereocenters. The summed E-state index contributed by atoms with van der Waals surface area (Å²) in [6, 6.07) is 11.1. The molecule has 0 aliphatic carbocycles. The first kappa shape index (κ1) is 20.8. The summed E-state index contributed by atoms with van der Waals surface area (Å²) in [5.41, 5.74) is 1.69. The lowest BCUT2D eigenvalue weighted by Crippen LogP contribution is -2.39. The highest BCUT2D eigenvalue weighted by Crippen LogP contribution is 2.60. The van der Waals surface area contributed by atoms with Crippen molar-refractivity contribution >= 4 is 15.0 Å². The fourth-order valence-electron chi connectivity index (χ4n) is 2.52. The van der Waals surface area contributed by atoms with E-state index in [4.69, 9.17) is 4.74 Å². The van der Waals surface area contributed by atoms with Crippen LogP contribution in [0.5, 0.6) is 5.75 Å². The summed E-state index contributed by atoms with van der Waals surface area (Å²) in [4.78, 5) is 28.6. The zero-order valence-corrected chi connectivity index (χ0v) is 16.5. The Labute approximate surface area is 152 Å². The molecular weight excluding hydrogens is 376 g/mol. The van der Waals surface area contributed by atoms with E-state index in [0.717, 1.165) is 30.0 Å². The van der Waals surface area contributed by atoms with Gasteiger partial charge < -0.3 is 19.4 Å². The van der Waals surface area contributed by atoms with Crippen LogP contribution in [0.2, 0.25) is 0 Å². The normalized spacial score (nSPS) is 15.3. The summed E-state index contributed by atoms with van der Waals surface area (Å²) in [6.07, 6.45) is 4.20. The van der Waals surface area contributed by atoms with Gasteiger partial charge in [0.2, 0.25) is 7.37 Å². The number of benzene rings is 1. The highest BCUT2D eigenvalue weighted by molar-refractivity contribution is 7.73. The van der Waals surface area contributed by atoms with Gasteiger partial charge in [-0.1, -0.05) is 19.1 Å². The molecule has 0 bridgehead atoms. The van der Waals surface area contributed by atoms with E-state index in [0.29, 0.717) is 6.61 Å². The average molecular weight is 400 g/mol. The van der Waals surface area contributed by atoms with Gasteiger partial charge in [0.1, 0.15) is 5.75 Å². The van der Waals surface area contributed by atoms with Crippen LogP contribution in [0.25, 0.3) is 11.1 Å². The number of hydrogen-bond acceptors (Lipinski definition) is 3. The maximum atomic E-state index is 11.9. The van der Waals surface area contributed by atoms with Crippen LogP contribution < -0.4 is 9.30 Å². The molecule has 9 heteroatoms. The molecule has 0 aliphatic rings. The van der Waals surface area contributed by atoms with Crippen molar-refractivity contribution in [2.75, 3.05) is 13.3 Å². The van der Waals surface area contributed by atoms with Crippen LogP contribution in [0.1, 0.15) is 13.3 Å². The van der Waals surface area contributed by atoms with Crippen LogP contribution in [0.3, 0.4) is 0 Å². The lowest BCUT2D eigenvalue weighted by molar-refractivity contribution is -0.694. The summed E-state index contributed by atoms with van der Waals surface area (Å²) in [5, 5.41) is -1.64. The van der Waals surface area contributed by atoms with Gasteiger partial charge in [0.05, 0.1) is 6.61 Å². The number of ether oxygens (including phenoxy) is 1. The van der Waals surface area contributed by atoms with Crippen molar-refractivity contribution in [1.29, 1.82) is 0 Å². The molecule has 2 unspecified atom stereocenters. The molecule has 0 saturated carbocycles. The number of hydrogen-bond donors (Lipinski definition) is 3. The monoisotopic (exact) mass is 400 g/mol. The Balaban J connectivity index is 2.30. The Morgan fingerprint density at radius 3 is 2.42 bits per heavy atom. The van der Waals surface area contributed by atoms with Crippen molar-refractivity contribution in [3.8, 4) is 16.9 Å². The molecule has 1 aromatic heterocycles. The average Bonchev–Trinajstić information content (AvgIpc) is 2.56. The molecule has 0 fully saturated rings. The molecule has 0 radical (unpaired) electrons. The number of nitrogens with zero attached hydrogens (tertiary/aromatic N) is 1. The number of aromatic nitrogens is 1. The van der Waals surface area contributed by atoms with Crippen molar-refractivity contribution in [3.05, 3.63) is 48.8 Å². The predicted octanol–water partition coefficient (Wildman–Crippen LogP) is 2.83. The van der Waals surface area contributed by atoms with Gasteiger partial charge in [-0.25, -0.2) is 4.57 Å². The largest absolute Gasteiger partial charge is 0.494 e. The zero-order chi connectivity index (χ0) is 19.4. The highest BCUT2D eigenvalue weighted by atomic mass is 31.2. The van der Waals surface area contributed by atoms with Crippen LogP contribution in [0, 0.1) is 0 Å². The fourth-order valence-corrected chi connectivity index (χ4v) is 5.64. The van der Waals surface area contributed by atoms with E-state index < -0.39 is 20.4 Å². The fraction of sp³-hybridized carbons (Fsp3) is 0.353. The van der Waals surface area contributed by atoms with Gasteiger partial charge in [-0.05, 0) is 30.2 Å². The quantitative estimate of drug-likeness (QED) is 0.465. The van der Waals surface area contributed by atoms with Crippen molar-refractivity contribution in [2.45, 2.75) is 25.3 Å². The van der Waals surface area contributed by atoms with Crippen LogP contribution in [0.4, 0.5) is 0 Å². The van der Waals surface area contributed by atoms with E-state index in [9.17, 15) is 23.8 Å². The van der Waals surface area contributed by atoms with Gasteiger partial charge in [0, 0.05) is 18.3 Å². The van der Waals surface area contributed by atoms with Gasteiger partial charge >= 0.3 is 7.60 Å². The second-order valence-electron chi connectivity index (χ2n) is 6.18. The SMILES string of the molecule is CCCOc1cccc(-c2ccc[n+](CC(P(C)(=O)O)P(=O)(O)O)c2)c1. The lowest BCUT2D eigenvalue weighted by atomic mass is 10.1. The van der Waals surface area contributed by atoms with Crippen LogP contribution in [-0.4, -0.2) is 33.4 Å². The van der Waals surface area contributed by atoms with Crippen molar-refractivity contribution < 1.29 is 33.1 Å². The van der Waals surface area contributed by atoms with Gasteiger partial charge in [0.25, 0.3) is 0 Å². The second kappa shape index (κ2) is 8.47. The van der Waals surface area contributed by atoms with Crippen molar-refractivity contribution in [1.82, 2.24) is 0 Å². The van der Waals surface area contributed by atoms with Gasteiger partial charge in [-0.3, -0.25) is 9.13 Å². The molecule has 26 heavy (non-hydrogen) atoms. The first-order valence-corrected chi connectivity index (χ1v) is 12.0. The molecule has 2 rings (SSSR count). The third-order valence-electron chi connectivity index (χ3n) is 3.81. The Morgan fingerprint density at radius 1 is 1.12 bits per heavy atom. The van der Waals surface area contributed by atoms with Gasteiger partial charge in [-0.2, -0.15) is 0 Å². The molecule has 1 heterocycles. The minimum atomic E-state index is -4.72. The maximum Gasteiger partial charge on any atom is 0.344 e. The van der Waals surface area contributed by atoms with Crippen molar-refractivity contribution in [2.24, 2.45) is 0 Å². The molecule has 0 saturated heterocycles. The van der Waals surface area contributed by atoms with E-state index in [-0.39, 0.29) is 6.54 Å². The van der Waals surface area contributed by atoms with Crippen LogP contribution in [-0.2, 0) is 15.7 Å². The second-order valence-corrected chi connectivity index (χ2v) is 10.9. The third kappa shape index (κ3) is 5.76. The molecule has 142 valence electrons. The third-order valence-corrected chi connectivity index (χ3v) is 8.21. The minimum Gasteiger partial charge on any atom is -0.494 e. The highest BCUT2D eigenvalue weighted by Gasteiger charge is 2.43. The molecule has 1 aromatic carbocycles. The molecule has 0 aliphatic heterocycles. The number of pyridine rings is 1. The summed E-state index contributed by atoms with van der Waals surface area (Å²) in [6.45, 7) is 3.35. The van der Waals surface area contributed by atoms with Gasteiger partial charge in [0.15, 0.2) is 24.3 Å². The topological polar surface area (TPSA) is 108 Å². The summed E-state index contributed by atoms with van der Waals surface area (Å²) in [7, 11) is -8.70. The molecule has 2 aromatic rings. The Morgan fingerprint density at radius 2 is 1.81 bits per heavy atom. The maximum absolute atomic E-state index is 11.9. The van der Waals surface area contributed by atoms with Crippen LogP contribution >= 0.6 is 15.0 Å². The first-order valence-electron chi connectivity index (χ1n) is 8.18. The lowest BCUT2D eigenvalue weighted by Gasteiger charge is -2.18. The van der Waals surface area contributed by atoms with E-state index in [1.165, 1.54) is 4.57 Å². The number of rotatable bonds is 8. The van der Waals surface area contributed by atoms with E-state index >= 15 is 0 Å². The standard InChI is InChI=1S/C17H23NO6P2/c1-3-10-24-16-8-4-6-14(11-16)15-7-5-9-18(12-15)13-17(25(2,19)20)26(21,22)23/h4-9,11-12,17H,3,10,13H2,1-2H3,(H2-,19,20,21,22,23)/p+1. The molecular formula is C17H24NO6P2+.